The molecule has 1 saturated heterocycles. The largest absolute Gasteiger partial charge is 0.487 e. The fraction of sp³-hybridized carbons (Fsp3) is 0.312. The van der Waals surface area contributed by atoms with Gasteiger partial charge in [-0.25, -0.2) is 5.43 Å². The molecular weight excluding hydrogens is 658 g/mol. The summed E-state index contributed by atoms with van der Waals surface area (Å²) in [5.41, 5.74) is 9.54. The second kappa shape index (κ2) is 13.6. The topological polar surface area (TPSA) is 87.6 Å². The van der Waals surface area contributed by atoms with Gasteiger partial charge >= 0.3 is 0 Å². The number of halogens is 2. The smallest absolute Gasteiger partial charge is 0.250 e. The molecule has 0 aliphatic carbocycles. The summed E-state index contributed by atoms with van der Waals surface area (Å²) in [6.07, 6.45) is 3.95. The van der Waals surface area contributed by atoms with Crippen LogP contribution in [0.1, 0.15) is 47.6 Å². The Hall–Kier alpha value is -3.50. The van der Waals surface area contributed by atoms with E-state index in [-0.39, 0.29) is 0 Å². The highest BCUT2D eigenvalue weighted by atomic mass is 79.9. The number of benzene rings is 3. The SMILES string of the molecule is Cc1ccc(COc2c(Br)cc(/C=N\Nc3nc(Nc4cccc(C)c4C)nc(N4CCC(C)CC4)n3)cc2Br)cc1. The van der Waals surface area contributed by atoms with Crippen molar-refractivity contribution in [1.82, 2.24) is 15.0 Å². The van der Waals surface area contributed by atoms with Crippen LogP contribution in [0.4, 0.5) is 23.5 Å². The van der Waals surface area contributed by atoms with Crippen LogP contribution in [0, 0.1) is 26.7 Å². The summed E-state index contributed by atoms with van der Waals surface area (Å²) in [7, 11) is 0. The van der Waals surface area contributed by atoms with Crippen LogP contribution < -0.4 is 20.4 Å². The van der Waals surface area contributed by atoms with Gasteiger partial charge in [0.15, 0.2) is 0 Å². The lowest BCUT2D eigenvalue weighted by Gasteiger charge is -2.30. The first-order valence-corrected chi connectivity index (χ1v) is 15.6. The average molecular weight is 693 g/mol. The molecule has 0 amide bonds. The van der Waals surface area contributed by atoms with Crippen LogP contribution in [0.5, 0.6) is 5.75 Å². The second-order valence-corrected chi connectivity index (χ2v) is 12.5. The molecule has 8 nitrogen and oxygen atoms in total. The van der Waals surface area contributed by atoms with E-state index in [1.54, 1.807) is 6.21 Å². The monoisotopic (exact) mass is 691 g/mol. The van der Waals surface area contributed by atoms with Crippen molar-refractivity contribution in [3.63, 3.8) is 0 Å². The molecule has 1 aliphatic rings. The number of nitrogens with zero attached hydrogens (tertiary/aromatic N) is 5. The molecule has 0 unspecified atom stereocenters. The summed E-state index contributed by atoms with van der Waals surface area (Å²) >= 11 is 7.29. The highest BCUT2D eigenvalue weighted by Crippen LogP contribution is 2.35. The van der Waals surface area contributed by atoms with Crippen molar-refractivity contribution in [2.45, 2.75) is 47.1 Å². The van der Waals surface area contributed by atoms with Crippen LogP contribution in [-0.4, -0.2) is 34.3 Å². The maximum Gasteiger partial charge on any atom is 0.250 e. The van der Waals surface area contributed by atoms with E-state index in [1.807, 2.05) is 24.3 Å². The third kappa shape index (κ3) is 7.66. The standard InChI is InChI=1S/C32H35Br2N7O/c1-20-8-10-24(11-9-20)19-42-29-26(33)16-25(17-27(29)34)18-35-40-31-37-30(36-28-7-5-6-22(3)23(28)4)38-32(39-31)41-14-12-21(2)13-15-41/h5-11,16-18,21H,12-15,19H2,1-4H3,(H2,36,37,38,39,40)/b35-18-. The number of piperidine rings is 1. The number of ether oxygens (including phenoxy) is 1. The van der Waals surface area contributed by atoms with E-state index in [0.29, 0.717) is 30.4 Å². The molecule has 3 aromatic carbocycles. The molecule has 4 aromatic rings. The van der Waals surface area contributed by atoms with Crippen LogP contribution in [0.15, 0.2) is 68.6 Å². The number of aromatic nitrogens is 3. The van der Waals surface area contributed by atoms with E-state index in [4.69, 9.17) is 14.7 Å². The van der Waals surface area contributed by atoms with Crippen LogP contribution in [0.2, 0.25) is 0 Å². The lowest BCUT2D eigenvalue weighted by atomic mass is 10.00. The molecule has 0 saturated carbocycles. The van der Waals surface area contributed by atoms with Crippen LogP contribution in [0.25, 0.3) is 0 Å². The van der Waals surface area contributed by atoms with Gasteiger partial charge < -0.3 is 15.0 Å². The van der Waals surface area contributed by atoms with Crippen molar-refractivity contribution >= 4 is 61.6 Å². The minimum atomic E-state index is 0.374. The van der Waals surface area contributed by atoms with E-state index < -0.39 is 0 Å². The molecular formula is C32H35Br2N7O. The number of hydrazone groups is 1. The van der Waals surface area contributed by atoms with E-state index >= 15 is 0 Å². The van der Waals surface area contributed by atoms with Crippen LogP contribution in [0.3, 0.4) is 0 Å². The summed E-state index contributed by atoms with van der Waals surface area (Å²) in [5, 5.41) is 7.84. The minimum Gasteiger partial charge on any atom is -0.487 e. The van der Waals surface area contributed by atoms with Crippen molar-refractivity contribution in [3.05, 3.63) is 91.4 Å². The Balaban J connectivity index is 1.32. The maximum absolute atomic E-state index is 6.08. The first kappa shape index (κ1) is 30.0. The van der Waals surface area contributed by atoms with E-state index in [9.17, 15) is 0 Å². The molecule has 10 heteroatoms. The highest BCUT2D eigenvalue weighted by Gasteiger charge is 2.20. The zero-order chi connectivity index (χ0) is 29.6. The Morgan fingerprint density at radius 3 is 2.36 bits per heavy atom. The molecule has 1 fully saturated rings. The number of anilines is 4. The zero-order valence-corrected chi connectivity index (χ0v) is 27.5. The predicted octanol–water partition coefficient (Wildman–Crippen LogP) is 8.33. The first-order chi connectivity index (χ1) is 20.2. The van der Waals surface area contributed by atoms with Gasteiger partial charge in [-0.05, 0) is 112 Å². The molecule has 1 aromatic heterocycles. The van der Waals surface area contributed by atoms with Crippen LogP contribution in [-0.2, 0) is 6.61 Å². The maximum atomic E-state index is 6.08. The molecule has 42 heavy (non-hydrogen) atoms. The van der Waals surface area contributed by atoms with Gasteiger partial charge in [-0.1, -0.05) is 48.9 Å². The second-order valence-electron chi connectivity index (χ2n) is 10.8. The molecule has 0 spiro atoms. The van der Waals surface area contributed by atoms with Crippen molar-refractivity contribution in [1.29, 1.82) is 0 Å². The molecule has 5 rings (SSSR count). The predicted molar refractivity (Wildman–Crippen MR) is 178 cm³/mol. The Labute approximate surface area is 264 Å². The third-order valence-corrected chi connectivity index (χ3v) is 8.62. The third-order valence-electron chi connectivity index (χ3n) is 7.44. The number of rotatable bonds is 9. The van der Waals surface area contributed by atoms with Crippen LogP contribution >= 0.6 is 31.9 Å². The fourth-order valence-corrected chi connectivity index (χ4v) is 6.07. The summed E-state index contributed by atoms with van der Waals surface area (Å²) in [6.45, 7) is 10.8. The van der Waals surface area contributed by atoms with Gasteiger partial charge in [0.25, 0.3) is 0 Å². The van der Waals surface area contributed by atoms with Gasteiger partial charge in [0.1, 0.15) is 12.4 Å². The Morgan fingerprint density at radius 2 is 1.64 bits per heavy atom. The van der Waals surface area contributed by atoms with Gasteiger partial charge in [0, 0.05) is 18.8 Å². The summed E-state index contributed by atoms with van der Waals surface area (Å²) in [5.74, 6) is 2.93. The quantitative estimate of drug-likeness (QED) is 0.135. The van der Waals surface area contributed by atoms with Gasteiger partial charge in [-0.15, -0.1) is 0 Å². The summed E-state index contributed by atoms with van der Waals surface area (Å²) in [4.78, 5) is 16.3. The zero-order valence-electron chi connectivity index (χ0n) is 24.3. The molecule has 0 bridgehead atoms. The number of hydrogen-bond donors (Lipinski definition) is 2. The Bertz CT molecular complexity index is 1550. The van der Waals surface area contributed by atoms with E-state index in [0.717, 1.165) is 63.0 Å². The Morgan fingerprint density at radius 1 is 0.952 bits per heavy atom. The lowest BCUT2D eigenvalue weighted by molar-refractivity contribution is 0.302. The minimum absolute atomic E-state index is 0.374. The highest BCUT2D eigenvalue weighted by molar-refractivity contribution is 9.11. The lowest BCUT2D eigenvalue weighted by Crippen LogP contribution is -2.34. The van der Waals surface area contributed by atoms with Gasteiger partial charge in [-0.2, -0.15) is 20.1 Å². The Kier molecular flexibility index (Phi) is 9.74. The molecule has 0 atom stereocenters. The average Bonchev–Trinajstić information content (AvgIpc) is 2.96. The molecule has 218 valence electrons. The normalized spacial score (nSPS) is 13.9. The van der Waals surface area contributed by atoms with E-state index in [2.05, 4.69) is 116 Å². The molecule has 2 heterocycles. The number of hydrogen-bond acceptors (Lipinski definition) is 8. The molecule has 1 aliphatic heterocycles. The molecule has 0 radical (unpaired) electrons. The first-order valence-electron chi connectivity index (χ1n) is 14.1. The summed E-state index contributed by atoms with van der Waals surface area (Å²) < 4.78 is 7.74. The van der Waals surface area contributed by atoms with Gasteiger partial charge in [0.2, 0.25) is 17.8 Å². The summed E-state index contributed by atoms with van der Waals surface area (Å²) in [6, 6.07) is 18.4. The van der Waals surface area contributed by atoms with Crippen molar-refractivity contribution in [3.8, 4) is 5.75 Å². The van der Waals surface area contributed by atoms with E-state index in [1.165, 1.54) is 11.1 Å². The van der Waals surface area contributed by atoms with Gasteiger partial charge in [-0.3, -0.25) is 0 Å². The number of aryl methyl sites for hydroxylation is 2. The van der Waals surface area contributed by atoms with Crippen molar-refractivity contribution < 1.29 is 4.74 Å². The van der Waals surface area contributed by atoms with Crippen molar-refractivity contribution in [2.75, 3.05) is 28.7 Å². The van der Waals surface area contributed by atoms with Crippen molar-refractivity contribution in [2.24, 2.45) is 11.0 Å². The molecule has 2 N–H and O–H groups in total. The van der Waals surface area contributed by atoms with Gasteiger partial charge in [0.05, 0.1) is 15.2 Å². The number of nitrogens with one attached hydrogen (secondary N) is 2. The fourth-order valence-electron chi connectivity index (χ4n) is 4.62.